The van der Waals surface area contributed by atoms with Crippen molar-refractivity contribution in [3.63, 3.8) is 0 Å². The molecule has 0 saturated carbocycles. The summed E-state index contributed by atoms with van der Waals surface area (Å²) >= 11 is 4.79. The Morgan fingerprint density at radius 2 is 1.50 bits per heavy atom. The van der Waals surface area contributed by atoms with Gasteiger partial charge in [0.05, 0.1) is 5.50 Å². The van der Waals surface area contributed by atoms with Gasteiger partial charge in [0.25, 0.3) is 0 Å². The van der Waals surface area contributed by atoms with E-state index < -0.39 is 14.3 Å². The van der Waals surface area contributed by atoms with E-state index in [-0.39, 0.29) is 0 Å². The lowest BCUT2D eigenvalue weighted by Crippen LogP contribution is -2.37. The van der Waals surface area contributed by atoms with Gasteiger partial charge in [-0.25, -0.2) is 0 Å². The van der Waals surface area contributed by atoms with Crippen LogP contribution in [0, 0.1) is 0 Å². The summed E-state index contributed by atoms with van der Waals surface area (Å²) in [6.45, 7) is 0. The summed E-state index contributed by atoms with van der Waals surface area (Å²) in [5, 5.41) is 0. The summed E-state index contributed by atoms with van der Waals surface area (Å²) in [6, 6.07) is 0. The molecule has 0 bridgehead atoms. The minimum absolute atomic E-state index is 0.451. The highest BCUT2D eigenvalue weighted by atomic mass is 35.5. The zero-order valence-corrected chi connectivity index (χ0v) is 4.68. The smallest absolute Gasteiger partial charge is 0.389 e. The van der Waals surface area contributed by atoms with Crippen LogP contribution in [0.25, 0.3) is 0 Å². The van der Waals surface area contributed by atoms with Crippen LogP contribution in [0.5, 0.6) is 0 Å². The first-order valence-electron chi connectivity index (χ1n) is 1.29. The molecule has 0 aliphatic carbocycles. The van der Waals surface area contributed by atoms with Gasteiger partial charge in [0, 0.05) is 0 Å². The molecule has 0 fully saturated rings. The van der Waals surface area contributed by atoms with E-state index in [4.69, 9.17) is 26.0 Å². The van der Waals surface area contributed by atoms with Gasteiger partial charge >= 0.3 is 8.80 Å². The van der Waals surface area contributed by atoms with E-state index >= 15 is 0 Å². The molecule has 0 saturated heterocycles. The second-order valence-electron chi connectivity index (χ2n) is 0.908. The average Bonchev–Trinajstić information content (AvgIpc) is 1.35. The first kappa shape index (κ1) is 6.39. The van der Waals surface area contributed by atoms with Crippen LogP contribution in [-0.4, -0.2) is 28.7 Å². The van der Waals surface area contributed by atoms with Crippen LogP contribution in [0.2, 0.25) is 0 Å². The lowest BCUT2D eigenvalue weighted by molar-refractivity contribution is 0.237. The summed E-state index contributed by atoms with van der Waals surface area (Å²) in [5.41, 5.74) is -0.451. The topological polar surface area (TPSA) is 60.7 Å². The van der Waals surface area contributed by atoms with Crippen molar-refractivity contribution in [2.75, 3.05) is 5.50 Å². The number of halogens is 1. The number of alkyl halides is 1. The monoisotopic (exact) mass is 128 g/mol. The molecular formula is CH5ClO3Si. The van der Waals surface area contributed by atoms with E-state index in [0.717, 1.165) is 0 Å². The molecule has 0 aromatic rings. The largest absolute Gasteiger partial charge is 0.508 e. The molecule has 38 valence electrons. The summed E-state index contributed by atoms with van der Waals surface area (Å²) in [4.78, 5) is 23.8. The molecule has 0 aliphatic heterocycles. The lowest BCUT2D eigenvalue weighted by Gasteiger charge is -2.00. The van der Waals surface area contributed by atoms with E-state index in [1.165, 1.54) is 0 Å². The fraction of sp³-hybridized carbons (Fsp3) is 1.00. The fourth-order valence-corrected chi connectivity index (χ4v) is 0. The molecule has 0 atom stereocenters. The summed E-state index contributed by atoms with van der Waals surface area (Å²) < 4.78 is 0. The van der Waals surface area contributed by atoms with Crippen LogP contribution >= 0.6 is 11.6 Å². The fourth-order valence-electron chi connectivity index (χ4n) is 0. The van der Waals surface area contributed by atoms with E-state index in [9.17, 15) is 0 Å². The maximum Gasteiger partial charge on any atom is 0.508 e. The third-order valence-corrected chi connectivity index (χ3v) is 1.61. The molecule has 3 N–H and O–H groups in total. The molecule has 0 aliphatic rings. The van der Waals surface area contributed by atoms with Crippen molar-refractivity contribution < 1.29 is 14.4 Å². The van der Waals surface area contributed by atoms with Gasteiger partial charge in [-0.1, -0.05) is 0 Å². The predicted octanol–water partition coefficient (Wildman–Crippen LogP) is -1.32. The van der Waals surface area contributed by atoms with E-state index in [1.54, 1.807) is 0 Å². The molecule has 3 nitrogen and oxygen atoms in total. The Morgan fingerprint density at radius 1 is 1.33 bits per heavy atom. The summed E-state index contributed by atoms with van der Waals surface area (Å²) in [7, 11) is -3.87. The van der Waals surface area contributed by atoms with Crippen molar-refractivity contribution in [3.8, 4) is 0 Å². The third-order valence-electron chi connectivity index (χ3n) is 0.179. The Balaban J connectivity index is 3.17. The first-order chi connectivity index (χ1) is 2.56. The maximum absolute atomic E-state index is 7.94. The molecule has 0 aromatic heterocycles. The second-order valence-corrected chi connectivity index (χ2v) is 3.53. The van der Waals surface area contributed by atoms with E-state index in [2.05, 4.69) is 0 Å². The van der Waals surface area contributed by atoms with Crippen LogP contribution in [0.4, 0.5) is 0 Å². The van der Waals surface area contributed by atoms with Crippen LogP contribution in [0.15, 0.2) is 0 Å². The zero-order chi connectivity index (χ0) is 5.21. The SMILES string of the molecule is O[Si](O)(O)CCl. The Morgan fingerprint density at radius 3 is 1.50 bits per heavy atom. The Hall–Kier alpha value is 0.387. The van der Waals surface area contributed by atoms with Gasteiger partial charge in [-0.05, 0) is 0 Å². The van der Waals surface area contributed by atoms with Gasteiger partial charge < -0.3 is 14.4 Å². The van der Waals surface area contributed by atoms with Gasteiger partial charge in [0.1, 0.15) is 0 Å². The maximum atomic E-state index is 7.94. The molecule has 0 amide bonds. The van der Waals surface area contributed by atoms with Gasteiger partial charge in [-0.3, -0.25) is 0 Å². The second kappa shape index (κ2) is 1.90. The van der Waals surface area contributed by atoms with Gasteiger partial charge in [0.2, 0.25) is 0 Å². The van der Waals surface area contributed by atoms with Gasteiger partial charge in [-0.2, -0.15) is 0 Å². The van der Waals surface area contributed by atoms with E-state index in [1.807, 2.05) is 0 Å². The molecule has 0 rings (SSSR count). The van der Waals surface area contributed by atoms with Crippen molar-refractivity contribution in [1.82, 2.24) is 0 Å². The first-order valence-corrected chi connectivity index (χ1v) is 3.87. The Bertz CT molecular complexity index is 40.5. The van der Waals surface area contributed by atoms with Gasteiger partial charge in [0.15, 0.2) is 0 Å². The molecule has 0 radical (unpaired) electrons. The molecule has 0 aromatic carbocycles. The van der Waals surface area contributed by atoms with Crippen molar-refractivity contribution >= 4 is 20.4 Å². The predicted molar refractivity (Wildman–Crippen MR) is 23.1 cm³/mol. The van der Waals surface area contributed by atoms with Crippen LogP contribution in [0.3, 0.4) is 0 Å². The number of hydrogen-bond donors (Lipinski definition) is 3. The zero-order valence-electron chi connectivity index (χ0n) is 2.93. The molecule has 0 heterocycles. The van der Waals surface area contributed by atoms with Crippen LogP contribution in [-0.2, 0) is 0 Å². The minimum atomic E-state index is -3.87. The van der Waals surface area contributed by atoms with Crippen molar-refractivity contribution in [2.45, 2.75) is 0 Å². The molecule has 0 spiro atoms. The third kappa shape index (κ3) is 4.39. The van der Waals surface area contributed by atoms with E-state index in [0.29, 0.717) is 0 Å². The Kier molecular flexibility index (Phi) is 2.02. The molecule has 5 heteroatoms. The summed E-state index contributed by atoms with van der Waals surface area (Å²) in [5.74, 6) is 0. The van der Waals surface area contributed by atoms with Crippen molar-refractivity contribution in [3.05, 3.63) is 0 Å². The molecular weight excluding hydrogens is 124 g/mol. The van der Waals surface area contributed by atoms with Crippen molar-refractivity contribution in [1.29, 1.82) is 0 Å². The quantitative estimate of drug-likeness (QED) is 0.303. The van der Waals surface area contributed by atoms with Crippen molar-refractivity contribution in [2.24, 2.45) is 0 Å². The highest BCUT2D eigenvalue weighted by molar-refractivity contribution is 6.65. The number of hydrogen-bond acceptors (Lipinski definition) is 3. The number of rotatable bonds is 1. The molecule has 0 unspecified atom stereocenters. The van der Waals surface area contributed by atoms with Gasteiger partial charge in [-0.15, -0.1) is 11.6 Å². The van der Waals surface area contributed by atoms with Crippen LogP contribution in [0.1, 0.15) is 0 Å². The van der Waals surface area contributed by atoms with Crippen LogP contribution < -0.4 is 0 Å². The molecule has 6 heavy (non-hydrogen) atoms. The lowest BCUT2D eigenvalue weighted by atomic mass is 11.9. The summed E-state index contributed by atoms with van der Waals surface area (Å²) in [6.07, 6.45) is 0. The standard InChI is InChI=1S/CH5ClO3Si/c2-1-6(3,4)5/h3-5H,1H2. The average molecular weight is 129 g/mol. The normalized spacial score (nSPS) is 12.0. The Labute approximate surface area is 41.2 Å². The highest BCUT2D eigenvalue weighted by Gasteiger charge is 2.24. The minimum Gasteiger partial charge on any atom is -0.389 e. The highest BCUT2D eigenvalue weighted by Crippen LogP contribution is 1.86.